The molecule has 0 radical (unpaired) electrons. The van der Waals surface area contributed by atoms with E-state index in [-0.39, 0.29) is 16.8 Å². The highest BCUT2D eigenvalue weighted by molar-refractivity contribution is 5.75. The maximum Gasteiger partial charge on any atom is 0.311 e. The summed E-state index contributed by atoms with van der Waals surface area (Å²) >= 11 is 0. The highest BCUT2D eigenvalue weighted by atomic mass is 16.5. The molecule has 0 bridgehead atoms. The fourth-order valence-corrected chi connectivity index (χ4v) is 4.06. The van der Waals surface area contributed by atoms with Crippen LogP contribution in [0.4, 0.5) is 0 Å². The van der Waals surface area contributed by atoms with E-state index in [9.17, 15) is 4.79 Å². The number of rotatable bonds is 9. The second-order valence-electron chi connectivity index (χ2n) is 9.83. The Bertz CT molecular complexity index is 414. The smallest absolute Gasteiger partial charge is 0.311 e. The molecule has 160 valence electrons. The lowest BCUT2D eigenvalue weighted by Gasteiger charge is -2.33. The van der Waals surface area contributed by atoms with Gasteiger partial charge in [0.05, 0.1) is 24.2 Å². The van der Waals surface area contributed by atoms with Crippen LogP contribution >= 0.6 is 0 Å². The van der Waals surface area contributed by atoms with Crippen molar-refractivity contribution in [3.8, 4) is 0 Å². The molecule has 0 aromatic carbocycles. The Morgan fingerprint density at radius 2 is 1.48 bits per heavy atom. The quantitative estimate of drug-likeness (QED) is 0.473. The molecule has 2 atom stereocenters. The minimum Gasteiger partial charge on any atom is -0.465 e. The molecule has 1 aliphatic rings. The van der Waals surface area contributed by atoms with Crippen LogP contribution in [0.15, 0.2) is 0 Å². The highest BCUT2D eigenvalue weighted by Gasteiger charge is 2.30. The van der Waals surface area contributed by atoms with Gasteiger partial charge < -0.3 is 14.2 Å². The van der Waals surface area contributed by atoms with Crippen molar-refractivity contribution in [1.82, 2.24) is 0 Å². The van der Waals surface area contributed by atoms with Crippen molar-refractivity contribution < 1.29 is 19.0 Å². The predicted molar refractivity (Wildman–Crippen MR) is 111 cm³/mol. The minimum atomic E-state index is -0.390. The van der Waals surface area contributed by atoms with Gasteiger partial charge in [-0.2, -0.15) is 0 Å². The Kier molecular flexibility index (Phi) is 10.3. The van der Waals surface area contributed by atoms with Gasteiger partial charge in [-0.05, 0) is 70.1 Å². The maximum atomic E-state index is 12.2. The maximum absolute atomic E-state index is 12.2. The first-order chi connectivity index (χ1) is 12.6. The summed E-state index contributed by atoms with van der Waals surface area (Å²) in [4.78, 5) is 12.2. The molecule has 27 heavy (non-hydrogen) atoms. The summed E-state index contributed by atoms with van der Waals surface area (Å²) in [5.74, 6) is 0.498. The Balaban J connectivity index is 2.62. The van der Waals surface area contributed by atoms with Crippen LogP contribution in [0, 0.1) is 16.7 Å². The molecule has 1 saturated carbocycles. The average Bonchev–Trinajstić information content (AvgIpc) is 2.70. The Morgan fingerprint density at radius 3 is 1.93 bits per heavy atom. The zero-order chi connectivity index (χ0) is 20.5. The second-order valence-corrected chi connectivity index (χ2v) is 9.83. The Morgan fingerprint density at radius 1 is 0.963 bits per heavy atom. The lowest BCUT2D eigenvalue weighted by atomic mass is 9.76. The third-order valence-corrected chi connectivity index (χ3v) is 6.45. The van der Waals surface area contributed by atoms with E-state index in [1.165, 1.54) is 12.8 Å². The van der Waals surface area contributed by atoms with Crippen molar-refractivity contribution in [3.05, 3.63) is 0 Å². The SMILES string of the molecule is CCC(C)(C)C(=O)OCCC(C)(C)CC1CC(OC)CCCCC(OC)C1. The third kappa shape index (κ3) is 8.95. The van der Waals surface area contributed by atoms with Crippen LogP contribution in [-0.2, 0) is 19.0 Å². The molecule has 2 unspecified atom stereocenters. The molecule has 0 spiro atoms. The first kappa shape index (κ1) is 24.4. The fourth-order valence-electron chi connectivity index (χ4n) is 4.06. The molecule has 0 N–H and O–H groups in total. The number of carbonyl (C=O) groups excluding carboxylic acids is 1. The normalized spacial score (nSPS) is 25.4. The first-order valence-corrected chi connectivity index (χ1v) is 10.9. The number of hydrogen-bond acceptors (Lipinski definition) is 4. The van der Waals surface area contributed by atoms with Crippen LogP contribution in [0.1, 0.15) is 92.4 Å². The Labute approximate surface area is 167 Å². The minimum absolute atomic E-state index is 0.0814. The van der Waals surface area contributed by atoms with Crippen LogP contribution in [0.3, 0.4) is 0 Å². The number of carbonyl (C=O) groups is 1. The van der Waals surface area contributed by atoms with Gasteiger partial charge in [0, 0.05) is 14.2 Å². The van der Waals surface area contributed by atoms with E-state index in [4.69, 9.17) is 14.2 Å². The number of esters is 1. The van der Waals surface area contributed by atoms with Gasteiger partial charge >= 0.3 is 5.97 Å². The van der Waals surface area contributed by atoms with Gasteiger partial charge in [0.15, 0.2) is 0 Å². The lowest BCUT2D eigenvalue weighted by Crippen LogP contribution is -2.29. The number of methoxy groups -OCH3 is 2. The molecule has 0 saturated heterocycles. The average molecular weight is 385 g/mol. The standard InChI is InChI=1S/C23H44O4/c1-8-23(4,5)21(24)27-14-13-22(2,3)17-18-15-19(25-6)11-9-10-12-20(16-18)26-7/h18-20H,8-17H2,1-7H3. The van der Waals surface area contributed by atoms with Crippen molar-refractivity contribution in [1.29, 1.82) is 0 Å². The van der Waals surface area contributed by atoms with E-state index in [2.05, 4.69) is 13.8 Å². The molecule has 4 nitrogen and oxygen atoms in total. The van der Waals surface area contributed by atoms with E-state index in [1.54, 1.807) is 0 Å². The summed E-state index contributed by atoms with van der Waals surface area (Å²) < 4.78 is 17.1. The van der Waals surface area contributed by atoms with Crippen LogP contribution in [0.5, 0.6) is 0 Å². The molecule has 0 aromatic rings. The zero-order valence-corrected chi connectivity index (χ0v) is 18.9. The predicted octanol–water partition coefficient (Wildman–Crippen LogP) is 5.77. The third-order valence-electron chi connectivity index (χ3n) is 6.45. The van der Waals surface area contributed by atoms with Gasteiger partial charge in [-0.3, -0.25) is 4.79 Å². The van der Waals surface area contributed by atoms with Crippen molar-refractivity contribution in [2.75, 3.05) is 20.8 Å². The monoisotopic (exact) mass is 384 g/mol. The van der Waals surface area contributed by atoms with E-state index >= 15 is 0 Å². The molecular formula is C23H44O4. The van der Waals surface area contributed by atoms with Gasteiger partial charge in [-0.1, -0.05) is 33.6 Å². The summed E-state index contributed by atoms with van der Waals surface area (Å²) in [5.41, 5.74) is -0.259. The molecule has 0 aliphatic heterocycles. The molecule has 0 aromatic heterocycles. The molecular weight excluding hydrogens is 340 g/mol. The van der Waals surface area contributed by atoms with E-state index < -0.39 is 0 Å². The van der Waals surface area contributed by atoms with Crippen LogP contribution in [-0.4, -0.2) is 39.0 Å². The van der Waals surface area contributed by atoms with E-state index in [0.717, 1.165) is 44.9 Å². The molecule has 0 amide bonds. The van der Waals surface area contributed by atoms with E-state index in [0.29, 0.717) is 24.7 Å². The zero-order valence-electron chi connectivity index (χ0n) is 18.9. The summed E-state index contributed by atoms with van der Waals surface area (Å²) in [6.45, 7) is 11.0. The number of hydrogen-bond donors (Lipinski definition) is 0. The van der Waals surface area contributed by atoms with Crippen LogP contribution in [0.25, 0.3) is 0 Å². The topological polar surface area (TPSA) is 44.8 Å². The van der Waals surface area contributed by atoms with Gasteiger partial charge in [-0.25, -0.2) is 0 Å². The van der Waals surface area contributed by atoms with Crippen molar-refractivity contribution in [2.45, 2.75) is 105 Å². The second kappa shape index (κ2) is 11.4. The fraction of sp³-hybridized carbons (Fsp3) is 0.957. The van der Waals surface area contributed by atoms with Crippen molar-refractivity contribution in [3.63, 3.8) is 0 Å². The van der Waals surface area contributed by atoms with Gasteiger partial charge in [0.25, 0.3) is 0 Å². The first-order valence-electron chi connectivity index (χ1n) is 10.9. The molecule has 1 fully saturated rings. The van der Waals surface area contributed by atoms with Crippen LogP contribution in [0.2, 0.25) is 0 Å². The highest BCUT2D eigenvalue weighted by Crippen LogP contribution is 2.36. The van der Waals surface area contributed by atoms with Crippen molar-refractivity contribution >= 4 is 5.97 Å². The van der Waals surface area contributed by atoms with E-state index in [1.807, 2.05) is 35.0 Å². The molecule has 4 heteroatoms. The summed E-state index contributed by atoms with van der Waals surface area (Å²) in [7, 11) is 3.68. The van der Waals surface area contributed by atoms with Crippen molar-refractivity contribution in [2.24, 2.45) is 16.7 Å². The molecule has 1 aliphatic carbocycles. The van der Waals surface area contributed by atoms with Crippen LogP contribution < -0.4 is 0 Å². The van der Waals surface area contributed by atoms with Gasteiger partial charge in [-0.15, -0.1) is 0 Å². The largest absolute Gasteiger partial charge is 0.465 e. The number of ether oxygens (including phenoxy) is 3. The van der Waals surface area contributed by atoms with Gasteiger partial charge in [0.2, 0.25) is 0 Å². The Hall–Kier alpha value is -0.610. The van der Waals surface area contributed by atoms with Gasteiger partial charge in [0.1, 0.15) is 0 Å². The molecule has 1 rings (SSSR count). The summed E-state index contributed by atoms with van der Waals surface area (Å²) in [5, 5.41) is 0. The summed E-state index contributed by atoms with van der Waals surface area (Å²) in [6.07, 6.45) is 10.4. The summed E-state index contributed by atoms with van der Waals surface area (Å²) in [6, 6.07) is 0. The lowest BCUT2D eigenvalue weighted by molar-refractivity contribution is -0.154. The molecule has 0 heterocycles.